The third-order valence-corrected chi connectivity index (χ3v) is 4.51. The van der Waals surface area contributed by atoms with Gasteiger partial charge in [0.2, 0.25) is 5.91 Å². The highest BCUT2D eigenvalue weighted by atomic mass is 32.1. The maximum absolute atomic E-state index is 13.0. The highest BCUT2D eigenvalue weighted by Crippen LogP contribution is 2.37. The van der Waals surface area contributed by atoms with Crippen LogP contribution in [0.25, 0.3) is 10.2 Å². The van der Waals surface area contributed by atoms with Crippen LogP contribution in [0.3, 0.4) is 0 Å². The van der Waals surface area contributed by atoms with Crippen molar-refractivity contribution < 1.29 is 22.7 Å². The van der Waals surface area contributed by atoms with Crippen LogP contribution < -0.4 is 10.1 Å². The van der Waals surface area contributed by atoms with Gasteiger partial charge in [0.25, 0.3) is 0 Å². The van der Waals surface area contributed by atoms with Gasteiger partial charge in [-0.05, 0) is 36.8 Å². The second-order valence-electron chi connectivity index (χ2n) is 5.47. The molecule has 3 aromatic rings. The second-order valence-corrected chi connectivity index (χ2v) is 6.50. The Balaban J connectivity index is 1.73. The molecular weight excluding hydrogens is 365 g/mol. The minimum absolute atomic E-state index is 0.0917. The number of thiazole rings is 1. The number of nitrogens with one attached hydrogen (secondary N) is 1. The molecule has 136 valence electrons. The third kappa shape index (κ3) is 4.13. The Labute approximate surface area is 151 Å². The Morgan fingerprint density at radius 3 is 2.58 bits per heavy atom. The van der Waals surface area contributed by atoms with E-state index in [0.29, 0.717) is 17.1 Å². The summed E-state index contributed by atoms with van der Waals surface area (Å²) in [5.74, 6) is 0.365. The number of ether oxygens (including phenoxy) is 1. The predicted octanol–water partition coefficient (Wildman–Crippen LogP) is 4.90. The molecule has 0 spiro atoms. The van der Waals surface area contributed by atoms with Crippen molar-refractivity contribution in [3.05, 3.63) is 53.6 Å². The molecule has 0 unspecified atom stereocenters. The molecule has 0 aliphatic carbocycles. The molecule has 0 aliphatic heterocycles. The number of hydrogen-bond acceptors (Lipinski definition) is 4. The summed E-state index contributed by atoms with van der Waals surface area (Å²) in [5, 5.41) is 2.71. The number of rotatable bonds is 5. The molecule has 4 nitrogen and oxygen atoms in total. The van der Waals surface area contributed by atoms with Crippen molar-refractivity contribution in [2.75, 3.05) is 11.9 Å². The minimum atomic E-state index is -4.49. The smallest absolute Gasteiger partial charge is 0.418 e. The normalized spacial score (nSPS) is 11.5. The summed E-state index contributed by atoms with van der Waals surface area (Å²) in [7, 11) is 0. The van der Waals surface area contributed by atoms with Crippen LogP contribution in [0.4, 0.5) is 18.3 Å². The first-order valence-electron chi connectivity index (χ1n) is 7.85. The van der Waals surface area contributed by atoms with Crippen LogP contribution in [-0.4, -0.2) is 17.5 Å². The topological polar surface area (TPSA) is 51.2 Å². The minimum Gasteiger partial charge on any atom is -0.494 e. The van der Waals surface area contributed by atoms with E-state index in [9.17, 15) is 18.0 Å². The summed E-state index contributed by atoms with van der Waals surface area (Å²) in [4.78, 5) is 16.1. The largest absolute Gasteiger partial charge is 0.494 e. The number of fused-ring (bicyclic) bond motifs is 1. The number of anilines is 1. The summed E-state index contributed by atoms with van der Waals surface area (Å²) in [6, 6.07) is 10.9. The summed E-state index contributed by atoms with van der Waals surface area (Å²) in [5.41, 5.74) is -0.192. The van der Waals surface area contributed by atoms with E-state index in [1.165, 1.54) is 6.07 Å². The molecule has 0 fully saturated rings. The molecule has 1 amide bonds. The molecule has 2 aromatic carbocycles. The van der Waals surface area contributed by atoms with Crippen LogP contribution in [0, 0.1) is 0 Å². The van der Waals surface area contributed by atoms with E-state index in [0.717, 1.165) is 23.0 Å². The molecular formula is C18H15F3N2O2S. The van der Waals surface area contributed by atoms with Crippen molar-refractivity contribution in [2.24, 2.45) is 0 Å². The van der Waals surface area contributed by atoms with E-state index in [1.807, 2.05) is 6.92 Å². The quantitative estimate of drug-likeness (QED) is 0.685. The summed E-state index contributed by atoms with van der Waals surface area (Å²) < 4.78 is 44.8. The monoisotopic (exact) mass is 380 g/mol. The van der Waals surface area contributed by atoms with Gasteiger partial charge in [0.05, 0.1) is 28.8 Å². The Kier molecular flexibility index (Phi) is 5.13. The summed E-state index contributed by atoms with van der Waals surface area (Å²) in [6.45, 7) is 2.43. The van der Waals surface area contributed by atoms with Gasteiger partial charge in [-0.15, -0.1) is 0 Å². The van der Waals surface area contributed by atoms with E-state index < -0.39 is 11.7 Å². The predicted molar refractivity (Wildman–Crippen MR) is 94.6 cm³/mol. The van der Waals surface area contributed by atoms with Crippen LogP contribution in [0.2, 0.25) is 0 Å². The zero-order chi connectivity index (χ0) is 18.7. The van der Waals surface area contributed by atoms with Gasteiger partial charge in [-0.25, -0.2) is 4.98 Å². The fourth-order valence-electron chi connectivity index (χ4n) is 2.45. The van der Waals surface area contributed by atoms with Gasteiger partial charge in [-0.1, -0.05) is 29.5 Å². The van der Waals surface area contributed by atoms with Crippen molar-refractivity contribution >= 4 is 32.6 Å². The lowest BCUT2D eigenvalue weighted by Gasteiger charge is -2.06. The van der Waals surface area contributed by atoms with Crippen LogP contribution in [0.5, 0.6) is 5.75 Å². The van der Waals surface area contributed by atoms with Crippen LogP contribution >= 0.6 is 11.3 Å². The highest BCUT2D eigenvalue weighted by molar-refractivity contribution is 7.22. The van der Waals surface area contributed by atoms with Gasteiger partial charge < -0.3 is 10.1 Å². The van der Waals surface area contributed by atoms with Crippen molar-refractivity contribution in [2.45, 2.75) is 19.5 Å². The number of amides is 1. The molecule has 8 heteroatoms. The molecule has 26 heavy (non-hydrogen) atoms. The average molecular weight is 380 g/mol. The number of para-hydroxylation sites is 1. The third-order valence-electron chi connectivity index (χ3n) is 3.57. The number of alkyl halides is 3. The zero-order valence-electron chi connectivity index (χ0n) is 13.8. The number of halogens is 3. The first-order chi connectivity index (χ1) is 12.4. The van der Waals surface area contributed by atoms with E-state index >= 15 is 0 Å². The van der Waals surface area contributed by atoms with Crippen molar-refractivity contribution in [3.8, 4) is 5.75 Å². The van der Waals surface area contributed by atoms with Crippen molar-refractivity contribution in [3.63, 3.8) is 0 Å². The number of hydrogen-bond donors (Lipinski definition) is 1. The van der Waals surface area contributed by atoms with Crippen molar-refractivity contribution in [1.29, 1.82) is 0 Å². The average Bonchev–Trinajstić information content (AvgIpc) is 2.97. The number of nitrogens with zero attached hydrogens (tertiary/aromatic N) is 1. The molecule has 1 N–H and O–H groups in total. The maximum Gasteiger partial charge on any atom is 0.418 e. The van der Waals surface area contributed by atoms with E-state index in [4.69, 9.17) is 4.74 Å². The number of benzene rings is 2. The standard InChI is InChI=1S/C18H15F3N2O2S/c1-2-25-12-8-6-11(7-9-12)10-15(24)22-17-23-16-13(18(19,20)21)4-3-5-14(16)26-17/h3-9H,2,10H2,1H3,(H,22,23,24). The maximum atomic E-state index is 13.0. The molecule has 0 aliphatic rings. The molecule has 0 radical (unpaired) electrons. The first kappa shape index (κ1) is 18.2. The number of aromatic nitrogens is 1. The highest BCUT2D eigenvalue weighted by Gasteiger charge is 2.33. The van der Waals surface area contributed by atoms with Crippen LogP contribution in [0.1, 0.15) is 18.1 Å². The Morgan fingerprint density at radius 2 is 1.92 bits per heavy atom. The zero-order valence-corrected chi connectivity index (χ0v) is 14.6. The molecule has 0 saturated heterocycles. The lowest BCUT2D eigenvalue weighted by atomic mass is 10.1. The number of carbonyl (C=O) groups is 1. The Morgan fingerprint density at radius 1 is 1.19 bits per heavy atom. The van der Waals surface area contributed by atoms with E-state index in [-0.39, 0.29) is 23.0 Å². The first-order valence-corrected chi connectivity index (χ1v) is 8.67. The lowest BCUT2D eigenvalue weighted by Crippen LogP contribution is -2.14. The Hall–Kier alpha value is -2.61. The molecule has 1 aromatic heterocycles. The molecule has 3 rings (SSSR count). The van der Waals surface area contributed by atoms with Crippen molar-refractivity contribution in [1.82, 2.24) is 4.98 Å². The van der Waals surface area contributed by atoms with Crippen LogP contribution in [-0.2, 0) is 17.4 Å². The Bertz CT molecular complexity index is 920. The van der Waals surface area contributed by atoms with E-state index in [1.54, 1.807) is 30.3 Å². The lowest BCUT2D eigenvalue weighted by molar-refractivity contribution is -0.136. The van der Waals surface area contributed by atoms with E-state index in [2.05, 4.69) is 10.3 Å². The fourth-order valence-corrected chi connectivity index (χ4v) is 3.36. The SMILES string of the molecule is CCOc1ccc(CC(=O)Nc2nc3c(C(F)(F)F)cccc3s2)cc1. The van der Waals surface area contributed by atoms with Crippen LogP contribution in [0.15, 0.2) is 42.5 Å². The molecule has 0 bridgehead atoms. The van der Waals surface area contributed by atoms with Gasteiger partial charge in [0.1, 0.15) is 5.75 Å². The van der Waals surface area contributed by atoms with Gasteiger partial charge in [-0.2, -0.15) is 13.2 Å². The molecule has 0 saturated carbocycles. The number of carbonyl (C=O) groups excluding carboxylic acids is 1. The second kappa shape index (κ2) is 7.33. The van der Waals surface area contributed by atoms with Gasteiger partial charge in [0.15, 0.2) is 5.13 Å². The van der Waals surface area contributed by atoms with Gasteiger partial charge >= 0.3 is 6.18 Å². The van der Waals surface area contributed by atoms with Gasteiger partial charge in [0, 0.05) is 0 Å². The van der Waals surface area contributed by atoms with Gasteiger partial charge in [-0.3, -0.25) is 4.79 Å². The molecule has 1 heterocycles. The molecule has 0 atom stereocenters. The summed E-state index contributed by atoms with van der Waals surface area (Å²) >= 11 is 1.01. The fraction of sp³-hybridized carbons (Fsp3) is 0.222. The summed E-state index contributed by atoms with van der Waals surface area (Å²) in [6.07, 6.45) is -4.40.